The number of esters is 1. The SMILES string of the molecule is CCCCCCCCCCCCCC(=O)OC[n+]1cc[nH]c1C. The van der Waals surface area contributed by atoms with E-state index >= 15 is 0 Å². The van der Waals surface area contributed by atoms with E-state index in [1.54, 1.807) is 0 Å². The molecule has 0 spiro atoms. The first-order chi connectivity index (χ1) is 11.2. The van der Waals surface area contributed by atoms with E-state index in [1.807, 2.05) is 23.9 Å². The van der Waals surface area contributed by atoms with Crippen LogP contribution in [0, 0.1) is 6.92 Å². The second-order valence-electron chi connectivity index (χ2n) is 6.45. The molecule has 0 aliphatic carbocycles. The van der Waals surface area contributed by atoms with Gasteiger partial charge < -0.3 is 4.74 Å². The topological polar surface area (TPSA) is 46.0 Å². The Morgan fingerprint density at radius 1 is 1.00 bits per heavy atom. The summed E-state index contributed by atoms with van der Waals surface area (Å²) < 4.78 is 7.15. The normalized spacial score (nSPS) is 10.9. The maximum Gasteiger partial charge on any atom is 0.308 e. The van der Waals surface area contributed by atoms with E-state index in [-0.39, 0.29) is 5.97 Å². The first-order valence-electron chi connectivity index (χ1n) is 9.43. The average molecular weight is 324 g/mol. The molecule has 0 unspecified atom stereocenters. The predicted octanol–water partition coefficient (Wildman–Crippen LogP) is 4.81. The molecule has 0 fully saturated rings. The lowest BCUT2D eigenvalue weighted by Gasteiger charge is -2.04. The van der Waals surface area contributed by atoms with Crippen LogP contribution in [0.15, 0.2) is 12.4 Å². The standard InChI is InChI=1S/C19H34N2O2/c1-3-4-5-6-7-8-9-10-11-12-13-14-19(22)23-17-21-16-15-20-18(21)2/h15-16H,3-14,17H2,1-2H3/p+1. The molecule has 132 valence electrons. The van der Waals surface area contributed by atoms with Crippen molar-refractivity contribution in [3.63, 3.8) is 0 Å². The van der Waals surface area contributed by atoms with Gasteiger partial charge in [0.2, 0.25) is 6.73 Å². The summed E-state index contributed by atoms with van der Waals surface area (Å²) in [5, 5.41) is 0. The van der Waals surface area contributed by atoms with Crippen LogP contribution >= 0.6 is 0 Å². The van der Waals surface area contributed by atoms with Crippen LogP contribution in [0.1, 0.15) is 89.8 Å². The summed E-state index contributed by atoms with van der Waals surface area (Å²) in [4.78, 5) is 14.7. The van der Waals surface area contributed by atoms with Crippen molar-refractivity contribution in [3.8, 4) is 0 Å². The molecule has 1 N–H and O–H groups in total. The zero-order valence-corrected chi connectivity index (χ0v) is 15.1. The van der Waals surface area contributed by atoms with Gasteiger partial charge in [-0.05, 0) is 6.42 Å². The fourth-order valence-corrected chi connectivity index (χ4v) is 2.73. The predicted molar refractivity (Wildman–Crippen MR) is 92.9 cm³/mol. The molecule has 0 aliphatic heterocycles. The van der Waals surface area contributed by atoms with Crippen molar-refractivity contribution in [3.05, 3.63) is 18.2 Å². The van der Waals surface area contributed by atoms with Crippen molar-refractivity contribution in [1.29, 1.82) is 0 Å². The Bertz CT molecular complexity index is 415. The molecule has 0 aliphatic rings. The summed E-state index contributed by atoms with van der Waals surface area (Å²) in [6, 6.07) is 0. The summed E-state index contributed by atoms with van der Waals surface area (Å²) >= 11 is 0. The molecule has 23 heavy (non-hydrogen) atoms. The molecule has 0 aromatic carbocycles. The molecule has 1 aromatic rings. The third-order valence-electron chi connectivity index (χ3n) is 4.33. The zero-order valence-electron chi connectivity index (χ0n) is 15.1. The molecule has 1 rings (SSSR count). The monoisotopic (exact) mass is 323 g/mol. The molecule has 0 saturated carbocycles. The number of aromatic nitrogens is 2. The summed E-state index contributed by atoms with van der Waals surface area (Å²) in [7, 11) is 0. The van der Waals surface area contributed by atoms with Crippen molar-refractivity contribution < 1.29 is 14.1 Å². The fraction of sp³-hybridized carbons (Fsp3) is 0.789. The molecular formula is C19H35N2O2+. The molecule has 4 nitrogen and oxygen atoms in total. The Morgan fingerprint density at radius 3 is 2.09 bits per heavy atom. The van der Waals surface area contributed by atoms with E-state index in [2.05, 4.69) is 11.9 Å². The third-order valence-corrected chi connectivity index (χ3v) is 4.33. The van der Waals surface area contributed by atoms with Crippen molar-refractivity contribution in [2.75, 3.05) is 0 Å². The Kier molecular flexibility index (Phi) is 11.3. The summed E-state index contributed by atoms with van der Waals surface area (Å²) in [6.45, 7) is 4.53. The Hall–Kier alpha value is -1.32. The highest BCUT2D eigenvalue weighted by Gasteiger charge is 2.08. The number of aryl methyl sites for hydroxylation is 1. The highest BCUT2D eigenvalue weighted by Crippen LogP contribution is 2.12. The van der Waals surface area contributed by atoms with Crippen LogP contribution in [0.5, 0.6) is 0 Å². The van der Waals surface area contributed by atoms with Gasteiger partial charge in [-0.3, -0.25) is 4.79 Å². The Morgan fingerprint density at radius 2 is 1.57 bits per heavy atom. The molecule has 1 heterocycles. The molecule has 4 heteroatoms. The molecule has 0 radical (unpaired) electrons. The number of ether oxygens (including phenoxy) is 1. The minimum atomic E-state index is -0.0889. The van der Waals surface area contributed by atoms with Crippen LogP contribution < -0.4 is 4.57 Å². The fourth-order valence-electron chi connectivity index (χ4n) is 2.73. The second kappa shape index (κ2) is 13.1. The number of nitrogens with one attached hydrogen (secondary N) is 1. The minimum Gasteiger partial charge on any atom is -0.425 e. The highest BCUT2D eigenvalue weighted by molar-refractivity contribution is 5.68. The minimum absolute atomic E-state index is 0.0889. The lowest BCUT2D eigenvalue weighted by molar-refractivity contribution is -0.731. The maximum absolute atomic E-state index is 11.7. The Labute approximate surface area is 141 Å². The third kappa shape index (κ3) is 10.1. The molecule has 1 aromatic heterocycles. The van der Waals surface area contributed by atoms with Crippen LogP contribution in [0.25, 0.3) is 0 Å². The van der Waals surface area contributed by atoms with Crippen molar-refractivity contribution in [1.82, 2.24) is 4.98 Å². The second-order valence-corrected chi connectivity index (χ2v) is 6.45. The van der Waals surface area contributed by atoms with Gasteiger partial charge in [-0.2, -0.15) is 4.57 Å². The van der Waals surface area contributed by atoms with Gasteiger partial charge in [0.05, 0.1) is 0 Å². The number of nitrogens with zero attached hydrogens (tertiary/aromatic N) is 1. The molecule has 0 saturated heterocycles. The Balaban J connectivity index is 1.85. The van der Waals surface area contributed by atoms with Crippen LogP contribution in [0.2, 0.25) is 0 Å². The van der Waals surface area contributed by atoms with E-state index in [4.69, 9.17) is 4.74 Å². The maximum atomic E-state index is 11.7. The molecule has 0 bridgehead atoms. The van der Waals surface area contributed by atoms with E-state index < -0.39 is 0 Å². The number of hydrogen-bond donors (Lipinski definition) is 1. The number of aromatic amines is 1. The van der Waals surface area contributed by atoms with Gasteiger partial charge in [0.1, 0.15) is 12.4 Å². The quantitative estimate of drug-likeness (QED) is 0.303. The zero-order chi connectivity index (χ0) is 16.8. The van der Waals surface area contributed by atoms with Crippen molar-refractivity contribution in [2.45, 2.75) is 97.6 Å². The number of unbranched alkanes of at least 4 members (excludes halogenated alkanes) is 10. The first kappa shape index (κ1) is 19.7. The van der Waals surface area contributed by atoms with E-state index in [1.165, 1.54) is 57.8 Å². The van der Waals surface area contributed by atoms with Crippen LogP contribution in [0.3, 0.4) is 0 Å². The largest absolute Gasteiger partial charge is 0.425 e. The number of H-pyrrole nitrogens is 1. The van der Waals surface area contributed by atoms with Gasteiger partial charge in [0, 0.05) is 13.3 Å². The molecular weight excluding hydrogens is 288 g/mol. The van der Waals surface area contributed by atoms with Gasteiger partial charge in [-0.15, -0.1) is 0 Å². The van der Waals surface area contributed by atoms with Crippen LogP contribution in [-0.2, 0) is 16.3 Å². The van der Waals surface area contributed by atoms with Gasteiger partial charge >= 0.3 is 5.97 Å². The first-order valence-corrected chi connectivity index (χ1v) is 9.43. The van der Waals surface area contributed by atoms with Gasteiger partial charge in [0.15, 0.2) is 0 Å². The van der Waals surface area contributed by atoms with E-state index in [9.17, 15) is 4.79 Å². The number of carbonyl (C=O) groups excluding carboxylic acids is 1. The molecule has 0 atom stereocenters. The van der Waals surface area contributed by atoms with E-state index in [0.717, 1.165) is 18.7 Å². The lowest BCUT2D eigenvalue weighted by atomic mass is 10.1. The molecule has 0 amide bonds. The van der Waals surface area contributed by atoms with Gasteiger partial charge in [-0.25, -0.2) is 4.98 Å². The summed E-state index contributed by atoms with van der Waals surface area (Å²) in [5.41, 5.74) is 0. The number of imidazole rings is 1. The van der Waals surface area contributed by atoms with Gasteiger partial charge in [0.25, 0.3) is 5.82 Å². The van der Waals surface area contributed by atoms with Crippen molar-refractivity contribution >= 4 is 5.97 Å². The van der Waals surface area contributed by atoms with Crippen LogP contribution in [0.4, 0.5) is 0 Å². The van der Waals surface area contributed by atoms with E-state index in [0.29, 0.717) is 13.2 Å². The van der Waals surface area contributed by atoms with Crippen molar-refractivity contribution in [2.24, 2.45) is 0 Å². The average Bonchev–Trinajstić information content (AvgIpc) is 2.96. The lowest BCUT2D eigenvalue weighted by Crippen LogP contribution is -2.36. The summed E-state index contributed by atoms with van der Waals surface area (Å²) in [6.07, 6.45) is 18.5. The smallest absolute Gasteiger partial charge is 0.308 e. The number of hydrogen-bond acceptors (Lipinski definition) is 2. The summed E-state index contributed by atoms with van der Waals surface area (Å²) in [5.74, 6) is 0.904. The highest BCUT2D eigenvalue weighted by atomic mass is 16.5. The number of rotatable bonds is 14. The van der Waals surface area contributed by atoms with Gasteiger partial charge in [-0.1, -0.05) is 71.1 Å². The van der Waals surface area contributed by atoms with Crippen LogP contribution in [-0.4, -0.2) is 11.0 Å². The number of carbonyl (C=O) groups is 1.